The molecule has 1 aliphatic carbocycles. The van der Waals surface area contributed by atoms with Crippen molar-refractivity contribution in [1.82, 2.24) is 4.90 Å². The van der Waals surface area contributed by atoms with Crippen LogP contribution < -0.4 is 0 Å². The number of rotatable bonds is 4. The molecular formula is C13H23NO2. The zero-order valence-corrected chi connectivity index (χ0v) is 10.0. The number of likely N-dealkylation sites (tertiary alicyclic amines) is 1. The van der Waals surface area contributed by atoms with E-state index >= 15 is 0 Å². The molecule has 1 N–H and O–H groups in total. The van der Waals surface area contributed by atoms with Gasteiger partial charge in [0.1, 0.15) is 0 Å². The highest BCUT2D eigenvalue weighted by atomic mass is 16.4. The van der Waals surface area contributed by atoms with Crippen molar-refractivity contribution in [2.75, 3.05) is 13.1 Å². The molecule has 0 spiro atoms. The van der Waals surface area contributed by atoms with Crippen molar-refractivity contribution in [3.63, 3.8) is 0 Å². The summed E-state index contributed by atoms with van der Waals surface area (Å²) in [4.78, 5) is 13.4. The van der Waals surface area contributed by atoms with Gasteiger partial charge < -0.3 is 5.11 Å². The molecule has 1 atom stereocenters. The Bertz CT molecular complexity index is 230. The van der Waals surface area contributed by atoms with Gasteiger partial charge in [-0.3, -0.25) is 9.69 Å². The first-order valence-corrected chi connectivity index (χ1v) is 6.73. The molecule has 1 unspecified atom stereocenters. The summed E-state index contributed by atoms with van der Waals surface area (Å²) < 4.78 is 0. The molecule has 0 aromatic carbocycles. The molecule has 1 aliphatic heterocycles. The van der Waals surface area contributed by atoms with Crippen molar-refractivity contribution in [3.05, 3.63) is 0 Å². The maximum atomic E-state index is 11.0. The Kier molecular flexibility index (Phi) is 4.22. The van der Waals surface area contributed by atoms with Gasteiger partial charge in [-0.25, -0.2) is 0 Å². The number of aliphatic carboxylic acids is 1. The molecule has 0 bridgehead atoms. The number of carboxylic acids is 1. The number of hydrogen-bond acceptors (Lipinski definition) is 2. The third-order valence-electron chi connectivity index (χ3n) is 4.19. The number of carboxylic acid groups (broad SMARTS) is 1. The number of nitrogens with zero attached hydrogens (tertiary/aromatic N) is 1. The molecule has 2 aliphatic rings. The highest BCUT2D eigenvalue weighted by molar-refractivity contribution is 5.67. The molecule has 1 saturated heterocycles. The first-order valence-electron chi connectivity index (χ1n) is 6.73. The molecule has 0 aromatic rings. The summed E-state index contributed by atoms with van der Waals surface area (Å²) >= 11 is 0. The fraction of sp³-hybridized carbons (Fsp3) is 0.923. The van der Waals surface area contributed by atoms with Crippen LogP contribution in [-0.4, -0.2) is 35.1 Å². The summed E-state index contributed by atoms with van der Waals surface area (Å²) in [7, 11) is 0. The van der Waals surface area contributed by atoms with Gasteiger partial charge in [-0.2, -0.15) is 0 Å². The summed E-state index contributed by atoms with van der Waals surface area (Å²) in [5, 5.41) is 9.05. The van der Waals surface area contributed by atoms with Gasteiger partial charge in [0.05, 0.1) is 6.42 Å². The molecule has 2 rings (SSSR count). The number of piperidine rings is 1. The summed E-state index contributed by atoms with van der Waals surface area (Å²) in [6, 6.07) is 0.320. The van der Waals surface area contributed by atoms with E-state index in [4.69, 9.17) is 5.11 Å². The average molecular weight is 225 g/mol. The van der Waals surface area contributed by atoms with Crippen molar-refractivity contribution >= 4 is 5.97 Å². The van der Waals surface area contributed by atoms with E-state index in [9.17, 15) is 4.79 Å². The van der Waals surface area contributed by atoms with Crippen LogP contribution in [0.15, 0.2) is 0 Å². The first kappa shape index (κ1) is 11.9. The maximum absolute atomic E-state index is 11.0. The Morgan fingerprint density at radius 1 is 1.12 bits per heavy atom. The van der Waals surface area contributed by atoms with Gasteiger partial charge in [-0.15, -0.1) is 0 Å². The molecule has 1 saturated carbocycles. The lowest BCUT2D eigenvalue weighted by atomic mass is 9.92. The zero-order chi connectivity index (χ0) is 11.4. The van der Waals surface area contributed by atoms with E-state index in [2.05, 4.69) is 4.90 Å². The van der Waals surface area contributed by atoms with Gasteiger partial charge in [-0.1, -0.05) is 19.3 Å². The van der Waals surface area contributed by atoms with Gasteiger partial charge >= 0.3 is 5.97 Å². The van der Waals surface area contributed by atoms with Gasteiger partial charge in [0.15, 0.2) is 0 Å². The molecule has 1 heterocycles. The van der Waals surface area contributed by atoms with Crippen LogP contribution in [0, 0.1) is 5.92 Å². The first-order chi connectivity index (χ1) is 7.77. The fourth-order valence-corrected chi connectivity index (χ4v) is 3.36. The summed E-state index contributed by atoms with van der Waals surface area (Å²) in [5.41, 5.74) is 0. The highest BCUT2D eigenvalue weighted by Gasteiger charge is 2.31. The minimum Gasteiger partial charge on any atom is -0.481 e. The predicted molar refractivity (Wildman–Crippen MR) is 63.4 cm³/mol. The van der Waals surface area contributed by atoms with E-state index in [-0.39, 0.29) is 0 Å². The molecule has 0 amide bonds. The van der Waals surface area contributed by atoms with Crippen LogP contribution >= 0.6 is 0 Å². The Morgan fingerprint density at radius 3 is 2.31 bits per heavy atom. The van der Waals surface area contributed by atoms with Crippen LogP contribution in [-0.2, 0) is 4.79 Å². The van der Waals surface area contributed by atoms with Gasteiger partial charge in [0.2, 0.25) is 0 Å². The quantitative estimate of drug-likeness (QED) is 0.799. The molecule has 3 nitrogen and oxygen atoms in total. The molecule has 2 fully saturated rings. The van der Waals surface area contributed by atoms with Crippen molar-refractivity contribution in [1.29, 1.82) is 0 Å². The zero-order valence-electron chi connectivity index (χ0n) is 10.0. The predicted octanol–water partition coefficient (Wildman–Crippen LogP) is 2.51. The SMILES string of the molecule is O=C(O)CC(C1CCCC1)N1CCCCC1. The van der Waals surface area contributed by atoms with E-state index in [1.807, 2.05) is 0 Å². The van der Waals surface area contributed by atoms with E-state index in [0.29, 0.717) is 18.4 Å². The second-order valence-corrected chi connectivity index (χ2v) is 5.31. The van der Waals surface area contributed by atoms with Crippen molar-refractivity contribution < 1.29 is 9.90 Å². The number of hydrogen-bond donors (Lipinski definition) is 1. The van der Waals surface area contributed by atoms with Crippen LogP contribution in [0.3, 0.4) is 0 Å². The third-order valence-corrected chi connectivity index (χ3v) is 4.19. The van der Waals surface area contributed by atoms with E-state index in [1.165, 1.54) is 44.9 Å². The minimum atomic E-state index is -0.623. The van der Waals surface area contributed by atoms with Gasteiger partial charge in [0, 0.05) is 6.04 Å². The highest BCUT2D eigenvalue weighted by Crippen LogP contribution is 2.33. The second kappa shape index (κ2) is 5.67. The van der Waals surface area contributed by atoms with Crippen molar-refractivity contribution in [2.24, 2.45) is 5.92 Å². The smallest absolute Gasteiger partial charge is 0.304 e. The lowest BCUT2D eigenvalue weighted by Crippen LogP contribution is -2.44. The van der Waals surface area contributed by atoms with Crippen LogP contribution in [0.25, 0.3) is 0 Å². The molecule has 0 radical (unpaired) electrons. The molecule has 3 heteroatoms. The Morgan fingerprint density at radius 2 is 1.75 bits per heavy atom. The summed E-state index contributed by atoms with van der Waals surface area (Å²) in [6.45, 7) is 2.24. The molecule has 0 aromatic heterocycles. The van der Waals surface area contributed by atoms with E-state index < -0.39 is 5.97 Å². The topological polar surface area (TPSA) is 40.5 Å². The summed E-state index contributed by atoms with van der Waals surface area (Å²) in [6.07, 6.45) is 9.27. The molecule has 16 heavy (non-hydrogen) atoms. The van der Waals surface area contributed by atoms with Gasteiger partial charge in [-0.05, 0) is 44.7 Å². The van der Waals surface area contributed by atoms with Crippen molar-refractivity contribution in [3.8, 4) is 0 Å². The Hall–Kier alpha value is -0.570. The minimum absolute atomic E-state index is 0.320. The average Bonchev–Trinajstić information content (AvgIpc) is 2.80. The monoisotopic (exact) mass is 225 g/mol. The lowest BCUT2D eigenvalue weighted by Gasteiger charge is -2.37. The van der Waals surface area contributed by atoms with Gasteiger partial charge in [0.25, 0.3) is 0 Å². The van der Waals surface area contributed by atoms with E-state index in [0.717, 1.165) is 13.1 Å². The Balaban J connectivity index is 1.96. The number of carbonyl (C=O) groups is 1. The van der Waals surface area contributed by atoms with Crippen LogP contribution in [0.5, 0.6) is 0 Å². The molecular weight excluding hydrogens is 202 g/mol. The van der Waals surface area contributed by atoms with Crippen molar-refractivity contribution in [2.45, 2.75) is 57.4 Å². The summed E-state index contributed by atoms with van der Waals surface area (Å²) in [5.74, 6) is 0.0247. The van der Waals surface area contributed by atoms with Crippen LogP contribution in [0.1, 0.15) is 51.4 Å². The third kappa shape index (κ3) is 2.97. The fourth-order valence-electron chi connectivity index (χ4n) is 3.36. The normalized spacial score (nSPS) is 25.8. The maximum Gasteiger partial charge on any atom is 0.304 e. The molecule has 92 valence electrons. The van der Waals surface area contributed by atoms with E-state index in [1.54, 1.807) is 0 Å². The second-order valence-electron chi connectivity index (χ2n) is 5.31. The van der Waals surface area contributed by atoms with Crippen LogP contribution in [0.4, 0.5) is 0 Å². The standard InChI is InChI=1S/C13H23NO2/c15-13(16)10-12(11-6-2-3-7-11)14-8-4-1-5-9-14/h11-12H,1-10H2,(H,15,16). The lowest BCUT2D eigenvalue weighted by molar-refractivity contribution is -0.139. The van der Waals surface area contributed by atoms with Crippen LogP contribution in [0.2, 0.25) is 0 Å². The Labute approximate surface area is 97.8 Å². The largest absolute Gasteiger partial charge is 0.481 e.